The second-order valence-electron chi connectivity index (χ2n) is 5.88. The molecule has 0 bridgehead atoms. The smallest absolute Gasteiger partial charge is 0.410 e. The highest BCUT2D eigenvalue weighted by Crippen LogP contribution is 2.33. The third kappa shape index (κ3) is 3.28. The molecule has 1 aliphatic heterocycles. The van der Waals surface area contributed by atoms with Crippen molar-refractivity contribution in [2.45, 2.75) is 32.0 Å². The fourth-order valence-corrected chi connectivity index (χ4v) is 2.40. The summed E-state index contributed by atoms with van der Waals surface area (Å²) >= 11 is 3.38. The number of aliphatic hydroxyl groups is 1. The van der Waals surface area contributed by atoms with Crippen LogP contribution >= 0.6 is 15.9 Å². The van der Waals surface area contributed by atoms with Gasteiger partial charge in [0, 0.05) is 4.47 Å². The number of β-amino-alcohol motifs (C(OH)–C–C–N with tert-alkyl or cyclic N) is 1. The van der Waals surface area contributed by atoms with Crippen LogP contribution in [0.1, 0.15) is 26.3 Å². The summed E-state index contributed by atoms with van der Waals surface area (Å²) in [6.07, 6.45) is -0.382. The maximum absolute atomic E-state index is 11.8. The summed E-state index contributed by atoms with van der Waals surface area (Å²) in [6, 6.07) is 7.49. The van der Waals surface area contributed by atoms with Gasteiger partial charge in [0.2, 0.25) is 0 Å². The molecule has 1 aliphatic rings. The minimum absolute atomic E-state index is 0.262. The van der Waals surface area contributed by atoms with E-state index in [2.05, 4.69) is 15.9 Å². The third-order valence-electron chi connectivity index (χ3n) is 2.92. The van der Waals surface area contributed by atoms with Gasteiger partial charge in [-0.2, -0.15) is 0 Å². The fourth-order valence-electron chi connectivity index (χ4n) is 2.00. The van der Waals surface area contributed by atoms with Crippen LogP contribution in [0.15, 0.2) is 28.7 Å². The molecule has 0 aliphatic carbocycles. The lowest BCUT2D eigenvalue weighted by molar-refractivity contribution is -0.103. The predicted octanol–water partition coefficient (Wildman–Crippen LogP) is 2.89. The summed E-state index contributed by atoms with van der Waals surface area (Å²) < 4.78 is 6.17. The van der Waals surface area contributed by atoms with Crippen LogP contribution in [0.2, 0.25) is 0 Å². The van der Waals surface area contributed by atoms with E-state index in [0.717, 1.165) is 10.0 Å². The number of carbonyl (C=O) groups is 1. The number of hydrogen-bond acceptors (Lipinski definition) is 3. The molecule has 1 aromatic rings. The highest BCUT2D eigenvalue weighted by Gasteiger charge is 2.46. The molecular formula is C14H18BrNO3. The van der Waals surface area contributed by atoms with E-state index in [-0.39, 0.29) is 19.2 Å². The van der Waals surface area contributed by atoms with Gasteiger partial charge in [-0.05, 0) is 38.5 Å². The number of hydrogen-bond donors (Lipinski definition) is 1. The van der Waals surface area contributed by atoms with Crippen LogP contribution in [0.5, 0.6) is 0 Å². The second-order valence-corrected chi connectivity index (χ2v) is 6.79. The summed E-state index contributed by atoms with van der Waals surface area (Å²) in [5, 5.41) is 10.5. The predicted molar refractivity (Wildman–Crippen MR) is 75.8 cm³/mol. The van der Waals surface area contributed by atoms with Gasteiger partial charge in [0.25, 0.3) is 0 Å². The van der Waals surface area contributed by atoms with Crippen LogP contribution in [-0.2, 0) is 10.3 Å². The van der Waals surface area contributed by atoms with E-state index < -0.39 is 11.2 Å². The van der Waals surface area contributed by atoms with Crippen molar-refractivity contribution in [3.05, 3.63) is 34.3 Å². The molecule has 0 atom stereocenters. The average molecular weight is 328 g/mol. The second kappa shape index (κ2) is 4.80. The molecule has 1 amide bonds. The first-order valence-corrected chi connectivity index (χ1v) is 6.95. The lowest BCUT2D eigenvalue weighted by Crippen LogP contribution is -2.61. The minimum atomic E-state index is -0.972. The lowest BCUT2D eigenvalue weighted by Gasteiger charge is -2.46. The van der Waals surface area contributed by atoms with Crippen molar-refractivity contribution < 1.29 is 14.6 Å². The van der Waals surface area contributed by atoms with Crippen molar-refractivity contribution in [1.29, 1.82) is 0 Å². The summed E-state index contributed by atoms with van der Waals surface area (Å²) in [7, 11) is 0. The van der Waals surface area contributed by atoms with E-state index in [1.165, 1.54) is 4.90 Å². The topological polar surface area (TPSA) is 49.8 Å². The quantitative estimate of drug-likeness (QED) is 0.862. The molecule has 2 rings (SSSR count). The van der Waals surface area contributed by atoms with Gasteiger partial charge < -0.3 is 14.7 Å². The molecule has 19 heavy (non-hydrogen) atoms. The molecule has 0 unspecified atom stereocenters. The van der Waals surface area contributed by atoms with Crippen LogP contribution in [0, 0.1) is 0 Å². The molecule has 1 aromatic carbocycles. The zero-order valence-corrected chi connectivity index (χ0v) is 12.9. The van der Waals surface area contributed by atoms with Gasteiger partial charge >= 0.3 is 6.09 Å². The molecular weight excluding hydrogens is 310 g/mol. The number of rotatable bonds is 1. The SMILES string of the molecule is CC(C)(C)OC(=O)N1CC(O)(c2cccc(Br)c2)C1. The first-order valence-electron chi connectivity index (χ1n) is 6.16. The van der Waals surface area contributed by atoms with Gasteiger partial charge in [0.1, 0.15) is 11.2 Å². The van der Waals surface area contributed by atoms with E-state index in [0.29, 0.717) is 0 Å². The molecule has 1 saturated heterocycles. The first-order chi connectivity index (χ1) is 8.70. The molecule has 0 aromatic heterocycles. The number of halogens is 1. The first kappa shape index (κ1) is 14.3. The van der Waals surface area contributed by atoms with Crippen LogP contribution < -0.4 is 0 Å². The monoisotopic (exact) mass is 327 g/mol. The Morgan fingerprint density at radius 2 is 2.05 bits per heavy atom. The fraction of sp³-hybridized carbons (Fsp3) is 0.500. The largest absolute Gasteiger partial charge is 0.444 e. The van der Waals surface area contributed by atoms with Gasteiger partial charge in [-0.3, -0.25) is 0 Å². The number of likely N-dealkylation sites (tertiary alicyclic amines) is 1. The summed E-state index contributed by atoms with van der Waals surface area (Å²) in [5.74, 6) is 0. The Balaban J connectivity index is 2.00. The molecule has 0 saturated carbocycles. The molecule has 0 spiro atoms. The lowest BCUT2D eigenvalue weighted by atomic mass is 9.86. The maximum Gasteiger partial charge on any atom is 0.410 e. The Bertz CT molecular complexity index is 490. The van der Waals surface area contributed by atoms with E-state index >= 15 is 0 Å². The number of amides is 1. The third-order valence-corrected chi connectivity index (χ3v) is 3.41. The molecule has 0 radical (unpaired) electrons. The Morgan fingerprint density at radius 1 is 1.42 bits per heavy atom. The van der Waals surface area contributed by atoms with Crippen molar-refractivity contribution in [1.82, 2.24) is 4.90 Å². The zero-order valence-electron chi connectivity index (χ0n) is 11.3. The maximum atomic E-state index is 11.8. The van der Waals surface area contributed by atoms with Gasteiger partial charge in [0.15, 0.2) is 0 Å². The molecule has 104 valence electrons. The van der Waals surface area contributed by atoms with Crippen LogP contribution in [0.3, 0.4) is 0 Å². The van der Waals surface area contributed by atoms with Gasteiger partial charge in [-0.1, -0.05) is 28.1 Å². The standard InChI is InChI=1S/C14H18BrNO3/c1-13(2,3)19-12(17)16-8-14(18,9-16)10-5-4-6-11(15)7-10/h4-7,18H,8-9H2,1-3H3. The zero-order chi connectivity index (χ0) is 14.3. The van der Waals surface area contributed by atoms with E-state index in [1.807, 2.05) is 45.0 Å². The molecule has 1 heterocycles. The van der Waals surface area contributed by atoms with Crippen molar-refractivity contribution in [3.63, 3.8) is 0 Å². The molecule has 1 N–H and O–H groups in total. The summed E-state index contributed by atoms with van der Waals surface area (Å²) in [4.78, 5) is 13.3. The Labute approximate surface area is 121 Å². The van der Waals surface area contributed by atoms with Gasteiger partial charge in [-0.15, -0.1) is 0 Å². The van der Waals surface area contributed by atoms with Crippen molar-refractivity contribution in [2.24, 2.45) is 0 Å². The van der Waals surface area contributed by atoms with E-state index in [1.54, 1.807) is 0 Å². The van der Waals surface area contributed by atoms with Crippen molar-refractivity contribution in [2.75, 3.05) is 13.1 Å². The highest BCUT2D eigenvalue weighted by atomic mass is 79.9. The summed E-state index contributed by atoms with van der Waals surface area (Å²) in [5.41, 5.74) is -0.678. The Morgan fingerprint density at radius 3 is 2.58 bits per heavy atom. The van der Waals surface area contributed by atoms with Crippen LogP contribution in [-0.4, -0.2) is 34.8 Å². The van der Waals surface area contributed by atoms with Crippen molar-refractivity contribution in [3.8, 4) is 0 Å². The number of benzene rings is 1. The van der Waals surface area contributed by atoms with E-state index in [4.69, 9.17) is 4.74 Å². The Kier molecular flexibility index (Phi) is 3.62. The van der Waals surface area contributed by atoms with Gasteiger partial charge in [0.05, 0.1) is 13.1 Å². The minimum Gasteiger partial charge on any atom is -0.444 e. The van der Waals surface area contributed by atoms with Gasteiger partial charge in [-0.25, -0.2) is 4.79 Å². The number of ether oxygens (including phenoxy) is 1. The number of nitrogens with zero attached hydrogens (tertiary/aromatic N) is 1. The van der Waals surface area contributed by atoms with Crippen LogP contribution in [0.4, 0.5) is 4.79 Å². The van der Waals surface area contributed by atoms with Crippen molar-refractivity contribution >= 4 is 22.0 Å². The molecule has 1 fully saturated rings. The van der Waals surface area contributed by atoms with Crippen LogP contribution in [0.25, 0.3) is 0 Å². The summed E-state index contributed by atoms with van der Waals surface area (Å²) in [6.45, 7) is 6.00. The molecule has 5 heteroatoms. The normalized spacial score (nSPS) is 17.8. The molecule has 4 nitrogen and oxygen atoms in total. The number of carbonyl (C=O) groups excluding carboxylic acids is 1. The van der Waals surface area contributed by atoms with E-state index in [9.17, 15) is 9.90 Å². The average Bonchev–Trinajstić information content (AvgIpc) is 2.22. The Hall–Kier alpha value is -1.07. The highest BCUT2D eigenvalue weighted by molar-refractivity contribution is 9.10.